The summed E-state index contributed by atoms with van der Waals surface area (Å²) in [5, 5.41) is 14.5. The molecular formula is C24H27N3O5. The lowest BCUT2D eigenvalue weighted by Gasteiger charge is -2.23. The van der Waals surface area contributed by atoms with Crippen LogP contribution in [0.2, 0.25) is 0 Å². The number of carbonyl (C=O) groups is 3. The first-order valence-electron chi connectivity index (χ1n) is 10.6. The fourth-order valence-electron chi connectivity index (χ4n) is 4.21. The lowest BCUT2D eigenvalue weighted by atomic mass is 9.98. The number of likely N-dealkylation sites (N-methyl/N-ethyl adjacent to an activating group) is 1. The number of aliphatic carboxylic acids is 1. The number of nitrogens with zero attached hydrogens (tertiary/aromatic N) is 1. The van der Waals surface area contributed by atoms with Crippen molar-refractivity contribution in [3.63, 3.8) is 0 Å². The minimum Gasteiger partial charge on any atom is -0.480 e. The van der Waals surface area contributed by atoms with Crippen LogP contribution in [0.5, 0.6) is 0 Å². The molecule has 1 fully saturated rings. The average Bonchev–Trinajstić information content (AvgIpc) is 3.47. The van der Waals surface area contributed by atoms with E-state index in [9.17, 15) is 19.5 Å². The van der Waals surface area contributed by atoms with Crippen molar-refractivity contribution in [2.75, 3.05) is 27.2 Å². The molecule has 8 heteroatoms. The Morgan fingerprint density at radius 1 is 1.06 bits per heavy atom. The van der Waals surface area contributed by atoms with E-state index >= 15 is 0 Å². The van der Waals surface area contributed by atoms with Crippen LogP contribution in [0, 0.1) is 0 Å². The number of benzene rings is 2. The normalized spacial score (nSPS) is 16.6. The fourth-order valence-corrected chi connectivity index (χ4v) is 4.21. The van der Waals surface area contributed by atoms with E-state index in [0.29, 0.717) is 12.8 Å². The molecule has 8 nitrogen and oxygen atoms in total. The van der Waals surface area contributed by atoms with E-state index in [2.05, 4.69) is 22.8 Å². The highest BCUT2D eigenvalue weighted by molar-refractivity contribution is 5.95. The van der Waals surface area contributed by atoms with Gasteiger partial charge in [0, 0.05) is 12.5 Å². The highest BCUT2D eigenvalue weighted by Gasteiger charge is 2.52. The Labute approximate surface area is 186 Å². The van der Waals surface area contributed by atoms with Crippen LogP contribution in [0.1, 0.15) is 29.9 Å². The van der Waals surface area contributed by atoms with Gasteiger partial charge in [0.2, 0.25) is 5.91 Å². The van der Waals surface area contributed by atoms with Crippen molar-refractivity contribution in [2.45, 2.75) is 30.3 Å². The van der Waals surface area contributed by atoms with Crippen LogP contribution in [-0.4, -0.2) is 66.8 Å². The Kier molecular flexibility index (Phi) is 5.88. The maximum absolute atomic E-state index is 12.7. The summed E-state index contributed by atoms with van der Waals surface area (Å²) in [5.74, 6) is -1.70. The number of nitrogens with one attached hydrogen (secondary N) is 2. The molecule has 1 unspecified atom stereocenters. The summed E-state index contributed by atoms with van der Waals surface area (Å²) < 4.78 is 5.53. The van der Waals surface area contributed by atoms with Gasteiger partial charge in [0.1, 0.15) is 18.2 Å². The number of fused-ring (bicyclic) bond motifs is 3. The molecule has 2 aromatic carbocycles. The van der Waals surface area contributed by atoms with E-state index in [1.165, 1.54) is 0 Å². The van der Waals surface area contributed by atoms with Gasteiger partial charge in [0.05, 0.1) is 0 Å². The number of hydrogen-bond acceptors (Lipinski definition) is 5. The van der Waals surface area contributed by atoms with E-state index in [1.54, 1.807) is 19.0 Å². The Morgan fingerprint density at radius 2 is 1.62 bits per heavy atom. The molecule has 2 aromatic rings. The summed E-state index contributed by atoms with van der Waals surface area (Å²) in [7, 11) is 3.45. The second-order valence-electron chi connectivity index (χ2n) is 8.66. The Morgan fingerprint density at radius 3 is 2.12 bits per heavy atom. The number of carbonyl (C=O) groups excluding carboxylic acids is 2. The van der Waals surface area contributed by atoms with Crippen LogP contribution in [0.3, 0.4) is 0 Å². The van der Waals surface area contributed by atoms with Crippen LogP contribution in [0.15, 0.2) is 48.5 Å². The molecule has 0 spiro atoms. The average molecular weight is 437 g/mol. The third-order valence-electron chi connectivity index (χ3n) is 6.02. The molecular weight excluding hydrogens is 410 g/mol. The standard InChI is InChI=1S/C24H27N3O5/c1-27(2)13-20(21(28)29)25-22(30)24(11-12-24)26-23(31)32-14-19-17-9-5-3-7-15(17)16-8-4-6-10-18(16)19/h3-10,19-20H,11-14H2,1-2H3,(H,25,30)(H,26,31)(H,28,29). The lowest BCUT2D eigenvalue weighted by Crippen LogP contribution is -2.55. The first-order chi connectivity index (χ1) is 15.3. The van der Waals surface area contributed by atoms with Crippen LogP contribution in [-0.2, 0) is 14.3 Å². The smallest absolute Gasteiger partial charge is 0.408 e. The van der Waals surface area contributed by atoms with Gasteiger partial charge in [0.25, 0.3) is 0 Å². The predicted octanol–water partition coefficient (Wildman–Crippen LogP) is 2.19. The first-order valence-corrected chi connectivity index (χ1v) is 10.6. The maximum atomic E-state index is 12.7. The topological polar surface area (TPSA) is 108 Å². The molecule has 1 saturated carbocycles. The van der Waals surface area contributed by atoms with Gasteiger partial charge in [-0.15, -0.1) is 0 Å². The molecule has 168 valence electrons. The van der Waals surface area contributed by atoms with E-state index < -0.39 is 29.6 Å². The molecule has 4 rings (SSSR count). The zero-order valence-electron chi connectivity index (χ0n) is 18.1. The number of amides is 2. The Hall–Kier alpha value is -3.39. The molecule has 32 heavy (non-hydrogen) atoms. The van der Waals surface area contributed by atoms with Gasteiger partial charge in [-0.2, -0.15) is 0 Å². The maximum Gasteiger partial charge on any atom is 0.408 e. The van der Waals surface area contributed by atoms with E-state index in [1.807, 2.05) is 36.4 Å². The van der Waals surface area contributed by atoms with Crippen molar-refractivity contribution in [3.05, 3.63) is 59.7 Å². The summed E-state index contributed by atoms with van der Waals surface area (Å²) in [6.07, 6.45) is 0.202. The molecule has 2 amide bonds. The van der Waals surface area contributed by atoms with E-state index in [0.717, 1.165) is 22.3 Å². The van der Waals surface area contributed by atoms with Crippen LogP contribution in [0.4, 0.5) is 4.79 Å². The number of carboxylic acid groups (broad SMARTS) is 1. The van der Waals surface area contributed by atoms with Gasteiger partial charge in [-0.25, -0.2) is 9.59 Å². The molecule has 0 radical (unpaired) electrons. The summed E-state index contributed by atoms with van der Waals surface area (Å²) in [4.78, 5) is 38.3. The van der Waals surface area contributed by atoms with Crippen molar-refractivity contribution in [1.29, 1.82) is 0 Å². The highest BCUT2D eigenvalue weighted by atomic mass is 16.5. The monoisotopic (exact) mass is 437 g/mol. The summed E-state index contributed by atoms with van der Waals surface area (Å²) in [5.41, 5.74) is 3.37. The zero-order valence-corrected chi connectivity index (χ0v) is 18.1. The van der Waals surface area contributed by atoms with Crippen molar-refractivity contribution in [1.82, 2.24) is 15.5 Å². The molecule has 1 atom stereocenters. The third kappa shape index (κ3) is 4.31. The molecule has 0 aromatic heterocycles. The van der Waals surface area contributed by atoms with Crippen LogP contribution in [0.25, 0.3) is 11.1 Å². The molecule has 0 heterocycles. The van der Waals surface area contributed by atoms with Crippen molar-refractivity contribution < 1.29 is 24.2 Å². The van der Waals surface area contributed by atoms with E-state index in [4.69, 9.17) is 4.74 Å². The minimum atomic E-state index is -1.12. The predicted molar refractivity (Wildman–Crippen MR) is 118 cm³/mol. The van der Waals surface area contributed by atoms with Crippen molar-refractivity contribution in [3.8, 4) is 11.1 Å². The van der Waals surface area contributed by atoms with Gasteiger partial charge < -0.3 is 25.4 Å². The second kappa shape index (κ2) is 8.63. The first kappa shape index (κ1) is 21.8. The van der Waals surface area contributed by atoms with E-state index in [-0.39, 0.29) is 19.1 Å². The quantitative estimate of drug-likeness (QED) is 0.584. The number of carboxylic acids is 1. The van der Waals surface area contributed by atoms with Gasteiger partial charge >= 0.3 is 12.1 Å². The summed E-state index contributed by atoms with van der Waals surface area (Å²) in [6.45, 7) is 0.304. The van der Waals surface area contributed by atoms with Crippen molar-refractivity contribution >= 4 is 18.0 Å². The van der Waals surface area contributed by atoms with Gasteiger partial charge in [0.15, 0.2) is 0 Å². The molecule has 0 aliphatic heterocycles. The zero-order chi connectivity index (χ0) is 22.9. The van der Waals surface area contributed by atoms with Crippen LogP contribution < -0.4 is 10.6 Å². The largest absolute Gasteiger partial charge is 0.480 e. The van der Waals surface area contributed by atoms with Crippen LogP contribution >= 0.6 is 0 Å². The number of rotatable bonds is 8. The number of hydrogen-bond donors (Lipinski definition) is 3. The molecule has 2 aliphatic carbocycles. The van der Waals surface area contributed by atoms with Crippen molar-refractivity contribution in [2.24, 2.45) is 0 Å². The SMILES string of the molecule is CN(C)CC(NC(=O)C1(NC(=O)OCC2c3ccccc3-c3ccccc32)CC1)C(=O)O. The Bertz CT molecular complexity index is 1000. The summed E-state index contributed by atoms with van der Waals surface area (Å²) >= 11 is 0. The Balaban J connectivity index is 1.38. The van der Waals surface area contributed by atoms with Gasteiger partial charge in [-0.05, 0) is 49.2 Å². The minimum absolute atomic E-state index is 0.0754. The number of ether oxygens (including phenoxy) is 1. The lowest BCUT2D eigenvalue weighted by molar-refractivity contribution is -0.142. The number of alkyl carbamates (subject to hydrolysis) is 1. The summed E-state index contributed by atoms with van der Waals surface area (Å²) in [6, 6.07) is 15.0. The molecule has 2 aliphatic rings. The molecule has 3 N–H and O–H groups in total. The fraction of sp³-hybridized carbons (Fsp3) is 0.375. The second-order valence-corrected chi connectivity index (χ2v) is 8.66. The van der Waals surface area contributed by atoms with Gasteiger partial charge in [-0.1, -0.05) is 48.5 Å². The third-order valence-corrected chi connectivity index (χ3v) is 6.02. The molecule has 0 bridgehead atoms. The highest BCUT2D eigenvalue weighted by Crippen LogP contribution is 2.44. The molecule has 0 saturated heterocycles. The van der Waals surface area contributed by atoms with Gasteiger partial charge in [-0.3, -0.25) is 4.79 Å².